The lowest BCUT2D eigenvalue weighted by atomic mass is 9.94. The van der Waals surface area contributed by atoms with E-state index in [2.05, 4.69) is 20.9 Å². The van der Waals surface area contributed by atoms with Crippen LogP contribution < -0.4 is 16.0 Å². The number of hydrogen-bond acceptors (Lipinski definition) is 6. The van der Waals surface area contributed by atoms with Crippen LogP contribution in [0.3, 0.4) is 0 Å². The van der Waals surface area contributed by atoms with Crippen LogP contribution in [0.5, 0.6) is 0 Å². The minimum absolute atomic E-state index is 0.0196. The minimum Gasteiger partial charge on any atom is -0.445 e. The summed E-state index contributed by atoms with van der Waals surface area (Å²) in [6.45, 7) is 2.79. The highest BCUT2D eigenvalue weighted by Crippen LogP contribution is 2.25. The highest BCUT2D eigenvalue weighted by molar-refractivity contribution is 5.96. The molecule has 2 aromatic carbocycles. The molecule has 1 aromatic heterocycles. The van der Waals surface area contributed by atoms with Gasteiger partial charge in [0.1, 0.15) is 19.2 Å². The van der Waals surface area contributed by atoms with Crippen LogP contribution >= 0.6 is 0 Å². The zero-order chi connectivity index (χ0) is 31.2. The molecule has 2 atom stereocenters. The summed E-state index contributed by atoms with van der Waals surface area (Å²) in [4.78, 5) is 54.9. The first-order valence-electron chi connectivity index (χ1n) is 13.9. The van der Waals surface area contributed by atoms with Crippen molar-refractivity contribution in [2.45, 2.75) is 57.7 Å². The molecule has 228 valence electrons. The highest BCUT2D eigenvalue weighted by Gasteiger charge is 2.43. The Labute approximate surface area is 249 Å². The fraction of sp³-hybridized carbons (Fsp3) is 0.344. The number of halogens is 2. The third-order valence-electron chi connectivity index (χ3n) is 6.62. The molecular formula is C32H36F2N4O5. The van der Waals surface area contributed by atoms with E-state index >= 15 is 8.78 Å². The Balaban J connectivity index is 1.63. The Morgan fingerprint density at radius 2 is 1.44 bits per heavy atom. The molecule has 0 aliphatic rings. The molecule has 3 aromatic rings. The number of alkyl carbamates (subject to hydrolysis) is 1. The number of nitrogens with one attached hydrogen (secondary N) is 3. The van der Waals surface area contributed by atoms with E-state index in [0.29, 0.717) is 16.7 Å². The number of benzene rings is 2. The number of hydrogen-bond donors (Lipinski definition) is 3. The molecule has 3 rings (SSSR count). The predicted octanol–water partition coefficient (Wildman–Crippen LogP) is 4.01. The van der Waals surface area contributed by atoms with E-state index in [4.69, 9.17) is 4.74 Å². The molecule has 0 unspecified atom stereocenters. The Kier molecular flexibility index (Phi) is 12.3. The van der Waals surface area contributed by atoms with Crippen molar-refractivity contribution in [1.29, 1.82) is 0 Å². The molecule has 0 bridgehead atoms. The van der Waals surface area contributed by atoms with E-state index in [1.165, 1.54) is 0 Å². The lowest BCUT2D eigenvalue weighted by Crippen LogP contribution is -2.57. The molecule has 0 saturated heterocycles. The molecule has 11 heteroatoms. The number of amides is 3. The normalized spacial score (nSPS) is 12.6. The molecule has 0 radical (unpaired) electrons. The first kappa shape index (κ1) is 32.8. The summed E-state index contributed by atoms with van der Waals surface area (Å²) in [6, 6.07) is 17.8. The van der Waals surface area contributed by atoms with Gasteiger partial charge in [-0.3, -0.25) is 19.4 Å². The van der Waals surface area contributed by atoms with Gasteiger partial charge < -0.3 is 20.7 Å². The number of Topliss-reactive ketones (excluding diaryl/α,β-unsaturated/α-hetero) is 1. The summed E-state index contributed by atoms with van der Waals surface area (Å²) in [5.41, 5.74) is 1.95. The third-order valence-corrected chi connectivity index (χ3v) is 6.62. The third kappa shape index (κ3) is 10.9. The van der Waals surface area contributed by atoms with Crippen molar-refractivity contribution < 1.29 is 32.7 Å². The summed E-state index contributed by atoms with van der Waals surface area (Å²) in [5.74, 6) is -7.08. The van der Waals surface area contributed by atoms with E-state index in [0.717, 1.165) is 0 Å². The van der Waals surface area contributed by atoms with Gasteiger partial charge in [0, 0.05) is 18.8 Å². The number of ketones is 1. The van der Waals surface area contributed by atoms with Crippen LogP contribution in [0.2, 0.25) is 0 Å². The van der Waals surface area contributed by atoms with Crippen LogP contribution in [0.4, 0.5) is 13.6 Å². The van der Waals surface area contributed by atoms with Crippen molar-refractivity contribution in [2.75, 3.05) is 6.54 Å². The zero-order valence-electron chi connectivity index (χ0n) is 24.1. The van der Waals surface area contributed by atoms with Crippen molar-refractivity contribution in [3.63, 3.8) is 0 Å². The van der Waals surface area contributed by atoms with Crippen LogP contribution in [-0.4, -0.2) is 53.2 Å². The largest absolute Gasteiger partial charge is 0.445 e. The predicted molar refractivity (Wildman–Crippen MR) is 156 cm³/mol. The lowest BCUT2D eigenvalue weighted by molar-refractivity contribution is -0.148. The van der Waals surface area contributed by atoms with Crippen LogP contribution in [0.25, 0.3) is 0 Å². The Hall–Kier alpha value is -4.67. The van der Waals surface area contributed by atoms with Gasteiger partial charge in [-0.1, -0.05) is 74.5 Å². The summed E-state index contributed by atoms with van der Waals surface area (Å²) in [5, 5.41) is 7.27. The molecule has 0 fully saturated rings. The fourth-order valence-corrected chi connectivity index (χ4v) is 4.24. The van der Waals surface area contributed by atoms with Crippen molar-refractivity contribution in [3.05, 3.63) is 102 Å². The van der Waals surface area contributed by atoms with Crippen molar-refractivity contribution in [1.82, 2.24) is 20.9 Å². The monoisotopic (exact) mass is 594 g/mol. The molecule has 0 saturated carbocycles. The van der Waals surface area contributed by atoms with Gasteiger partial charge >= 0.3 is 12.0 Å². The number of alkyl halides is 2. The van der Waals surface area contributed by atoms with E-state index in [9.17, 15) is 19.2 Å². The number of aromatic nitrogens is 1. The minimum atomic E-state index is -3.71. The molecule has 0 aliphatic heterocycles. The van der Waals surface area contributed by atoms with Gasteiger partial charge in [-0.15, -0.1) is 0 Å². The quantitative estimate of drug-likeness (QED) is 0.244. The molecule has 0 spiro atoms. The second kappa shape index (κ2) is 16.1. The second-order valence-corrected chi connectivity index (χ2v) is 10.4. The van der Waals surface area contributed by atoms with Crippen LogP contribution in [0.1, 0.15) is 37.0 Å². The number of aryl methyl sites for hydroxylation is 1. The summed E-state index contributed by atoms with van der Waals surface area (Å²) < 4.78 is 35.4. The first-order chi connectivity index (χ1) is 20.5. The van der Waals surface area contributed by atoms with Crippen molar-refractivity contribution in [3.8, 4) is 0 Å². The zero-order valence-corrected chi connectivity index (χ0v) is 24.1. The van der Waals surface area contributed by atoms with Crippen molar-refractivity contribution >= 4 is 23.7 Å². The van der Waals surface area contributed by atoms with Gasteiger partial charge in [-0.25, -0.2) is 4.79 Å². The second-order valence-electron chi connectivity index (χ2n) is 10.4. The molecule has 43 heavy (non-hydrogen) atoms. The fourth-order valence-electron chi connectivity index (χ4n) is 4.24. The Morgan fingerprint density at radius 3 is 2.05 bits per heavy atom. The Bertz CT molecular complexity index is 1340. The maximum absolute atomic E-state index is 15.2. The lowest BCUT2D eigenvalue weighted by Gasteiger charge is -2.27. The summed E-state index contributed by atoms with van der Waals surface area (Å²) in [6.07, 6.45) is 1.36. The summed E-state index contributed by atoms with van der Waals surface area (Å²) in [7, 11) is 0. The van der Waals surface area contributed by atoms with Gasteiger partial charge in [0.05, 0.1) is 6.04 Å². The molecule has 9 nitrogen and oxygen atoms in total. The number of rotatable bonds is 15. The number of nitrogens with zero attached hydrogens (tertiary/aromatic N) is 1. The smallest absolute Gasteiger partial charge is 0.407 e. The molecular weight excluding hydrogens is 558 g/mol. The topological polar surface area (TPSA) is 126 Å². The van der Waals surface area contributed by atoms with Gasteiger partial charge in [0.25, 0.3) is 0 Å². The van der Waals surface area contributed by atoms with Gasteiger partial charge in [-0.2, -0.15) is 8.78 Å². The molecule has 3 amide bonds. The number of carbonyl (C=O) groups excluding carboxylic acids is 4. The van der Waals surface area contributed by atoms with Crippen LogP contribution in [0.15, 0.2) is 85.2 Å². The Morgan fingerprint density at radius 1 is 0.837 bits per heavy atom. The number of pyridine rings is 1. The van der Waals surface area contributed by atoms with Crippen LogP contribution in [0, 0.1) is 5.92 Å². The van der Waals surface area contributed by atoms with Gasteiger partial charge in [0.15, 0.2) is 0 Å². The maximum Gasteiger partial charge on any atom is 0.407 e. The number of carbonyl (C=O) groups is 4. The van der Waals surface area contributed by atoms with Gasteiger partial charge in [-0.05, 0) is 47.6 Å². The first-order valence-corrected chi connectivity index (χ1v) is 13.9. The van der Waals surface area contributed by atoms with E-state index in [-0.39, 0.29) is 19.4 Å². The SMILES string of the molecule is CC(C)[C@H](NC(=O)CNC(=O)OCc1ccncc1)C(=O)N[C@@H](Cc1ccccc1)C(=O)C(F)(F)CCc1ccccc1. The maximum atomic E-state index is 15.2. The number of ether oxygens (including phenoxy) is 1. The van der Waals surface area contributed by atoms with E-state index < -0.39 is 60.6 Å². The van der Waals surface area contributed by atoms with E-state index in [1.54, 1.807) is 99.0 Å². The summed E-state index contributed by atoms with van der Waals surface area (Å²) >= 11 is 0. The van der Waals surface area contributed by atoms with Crippen molar-refractivity contribution in [2.24, 2.45) is 5.92 Å². The van der Waals surface area contributed by atoms with E-state index in [1.807, 2.05) is 0 Å². The highest BCUT2D eigenvalue weighted by atomic mass is 19.3. The van der Waals surface area contributed by atoms with Crippen LogP contribution in [-0.2, 0) is 38.6 Å². The standard InChI is InChI=1S/C32H36F2N4O5/c1-22(2)28(38-27(39)20-36-31(42)43-21-25-14-17-35-18-15-25)30(41)37-26(19-24-11-7-4-8-12-24)29(40)32(33,34)16-13-23-9-5-3-6-10-23/h3-12,14-15,17-18,22,26,28H,13,16,19-21H2,1-2H3,(H,36,42)(H,37,41)(H,38,39)/t26-,28-/m0/s1. The average molecular weight is 595 g/mol. The molecule has 3 N–H and O–H groups in total. The van der Waals surface area contributed by atoms with Gasteiger partial charge in [0.2, 0.25) is 17.6 Å². The molecule has 0 aliphatic carbocycles. The molecule has 1 heterocycles. The average Bonchev–Trinajstić information content (AvgIpc) is 3.01.